The second kappa shape index (κ2) is 13.6. The molecule has 56 heavy (non-hydrogen) atoms. The Bertz CT molecular complexity index is 2820. The molecule has 5 nitrogen and oxygen atoms in total. The van der Waals surface area contributed by atoms with Gasteiger partial charge < -0.3 is 9.32 Å². The standard InChI is InChI=1S/C51H40N4O/c1-4-13-33(14-5-1)37-24-28-46-44(30-37)41-21-10-11-22-45(41)55(46)40-25-27-43-42-26-23-38(31-47(42)56-48(43)32-40)36-19-12-20-39(29-36)51-53-49(34-15-6-2-7-16-34)52-50(54-51)35-17-8-3-9-18-35/h2,4,6-8,10-23,25-27,29-32,41,45H,1,3,5,9,24,28H2. The van der Waals surface area contributed by atoms with E-state index in [-0.39, 0.29) is 6.04 Å². The van der Waals surface area contributed by atoms with Crippen LogP contribution < -0.4 is 4.90 Å². The van der Waals surface area contributed by atoms with E-state index in [2.05, 4.69) is 132 Å². The van der Waals surface area contributed by atoms with E-state index in [1.54, 1.807) is 0 Å². The van der Waals surface area contributed by atoms with Crippen molar-refractivity contribution < 1.29 is 4.42 Å². The van der Waals surface area contributed by atoms with E-state index in [1.165, 1.54) is 28.1 Å². The molecule has 0 bridgehead atoms. The first-order valence-corrected chi connectivity index (χ1v) is 19.9. The Labute approximate surface area is 326 Å². The molecule has 0 radical (unpaired) electrons. The SMILES string of the molecule is C1=CC2C3=C(CCC(C4=CCCC=C4)=C3)N(c3ccc4c(c3)oc3cc(-c5cccc(-c6nc(C7=CCCC=C7)nc(-c7ccccc7)n6)c5)ccc34)C2C=C1. The van der Waals surface area contributed by atoms with Crippen LogP contribution in [0.4, 0.5) is 5.69 Å². The fourth-order valence-electron chi connectivity index (χ4n) is 9.07. The molecule has 3 heterocycles. The zero-order valence-electron chi connectivity index (χ0n) is 31.1. The summed E-state index contributed by atoms with van der Waals surface area (Å²) in [5.74, 6) is 2.38. The number of rotatable bonds is 6. The first kappa shape index (κ1) is 32.8. The third kappa shape index (κ3) is 5.74. The van der Waals surface area contributed by atoms with Gasteiger partial charge >= 0.3 is 0 Å². The number of anilines is 1. The molecular formula is C51H40N4O. The van der Waals surface area contributed by atoms with E-state index in [4.69, 9.17) is 19.4 Å². The number of furan rings is 1. The van der Waals surface area contributed by atoms with Gasteiger partial charge in [-0.2, -0.15) is 0 Å². The highest BCUT2D eigenvalue weighted by molar-refractivity contribution is 6.07. The molecule has 0 saturated heterocycles. The minimum absolute atomic E-state index is 0.261. The smallest absolute Gasteiger partial charge is 0.164 e. The van der Waals surface area contributed by atoms with Crippen LogP contribution in [0.15, 0.2) is 185 Å². The second-order valence-corrected chi connectivity index (χ2v) is 15.3. The molecule has 0 N–H and O–H groups in total. The van der Waals surface area contributed by atoms with Crippen molar-refractivity contribution in [2.45, 2.75) is 44.6 Å². The predicted octanol–water partition coefficient (Wildman–Crippen LogP) is 12.7. The fraction of sp³-hybridized carbons (Fsp3) is 0.157. The highest BCUT2D eigenvalue weighted by Gasteiger charge is 2.40. The van der Waals surface area contributed by atoms with Crippen molar-refractivity contribution in [3.63, 3.8) is 0 Å². The van der Waals surface area contributed by atoms with Gasteiger partial charge in [0.2, 0.25) is 0 Å². The predicted molar refractivity (Wildman–Crippen MR) is 229 cm³/mol. The first-order valence-electron chi connectivity index (χ1n) is 19.9. The molecular weight excluding hydrogens is 685 g/mol. The van der Waals surface area contributed by atoms with Crippen LogP contribution in [-0.4, -0.2) is 21.0 Å². The Balaban J connectivity index is 0.942. The molecule has 11 rings (SSSR count). The number of benzene rings is 4. The number of fused-ring (bicyclic) bond motifs is 5. The Morgan fingerprint density at radius 3 is 2.09 bits per heavy atom. The normalized spacial score (nSPS) is 20.0. The number of aromatic nitrogens is 3. The molecule has 6 aromatic rings. The Hall–Kier alpha value is -6.59. The van der Waals surface area contributed by atoms with Gasteiger partial charge in [0, 0.05) is 50.8 Å². The molecule has 4 aromatic carbocycles. The summed E-state index contributed by atoms with van der Waals surface area (Å²) >= 11 is 0. The van der Waals surface area contributed by atoms with E-state index in [1.807, 2.05) is 30.3 Å². The van der Waals surface area contributed by atoms with E-state index < -0.39 is 0 Å². The summed E-state index contributed by atoms with van der Waals surface area (Å²) in [6.45, 7) is 0. The average molecular weight is 725 g/mol. The van der Waals surface area contributed by atoms with Crippen LogP contribution in [0.1, 0.15) is 44.3 Å². The Morgan fingerprint density at radius 2 is 1.27 bits per heavy atom. The zero-order chi connectivity index (χ0) is 37.0. The number of nitrogens with zero attached hydrogens (tertiary/aromatic N) is 4. The van der Waals surface area contributed by atoms with Crippen molar-refractivity contribution in [1.29, 1.82) is 0 Å². The largest absolute Gasteiger partial charge is 0.456 e. The molecule has 0 saturated carbocycles. The van der Waals surface area contributed by atoms with Crippen LogP contribution in [0.5, 0.6) is 0 Å². The van der Waals surface area contributed by atoms with Crippen molar-refractivity contribution in [3.8, 4) is 33.9 Å². The molecule has 5 aliphatic rings. The summed E-state index contributed by atoms with van der Waals surface area (Å²) in [5.41, 5.74) is 13.9. The minimum Gasteiger partial charge on any atom is -0.456 e. The van der Waals surface area contributed by atoms with Gasteiger partial charge in [-0.05, 0) is 96.7 Å². The van der Waals surface area contributed by atoms with Gasteiger partial charge in [0.25, 0.3) is 0 Å². The highest BCUT2D eigenvalue weighted by atomic mass is 16.3. The van der Waals surface area contributed by atoms with Crippen molar-refractivity contribution >= 4 is 33.2 Å². The summed E-state index contributed by atoms with van der Waals surface area (Å²) in [5, 5.41) is 2.25. The van der Waals surface area contributed by atoms with Crippen LogP contribution in [0.2, 0.25) is 0 Å². The van der Waals surface area contributed by atoms with Crippen LogP contribution in [0.3, 0.4) is 0 Å². The van der Waals surface area contributed by atoms with Crippen molar-refractivity contribution in [3.05, 3.63) is 186 Å². The van der Waals surface area contributed by atoms with E-state index >= 15 is 0 Å². The van der Waals surface area contributed by atoms with Gasteiger partial charge in [-0.1, -0.05) is 121 Å². The van der Waals surface area contributed by atoms with Gasteiger partial charge in [-0.15, -0.1) is 0 Å². The first-order chi connectivity index (χ1) is 27.7. The molecule has 0 spiro atoms. The maximum atomic E-state index is 6.70. The summed E-state index contributed by atoms with van der Waals surface area (Å²) < 4.78 is 6.70. The van der Waals surface area contributed by atoms with Crippen molar-refractivity contribution in [2.24, 2.45) is 5.92 Å². The molecule has 2 atom stereocenters. The summed E-state index contributed by atoms with van der Waals surface area (Å²) in [6.07, 6.45) is 31.6. The van der Waals surface area contributed by atoms with Gasteiger partial charge in [-0.3, -0.25) is 0 Å². The molecule has 2 aromatic heterocycles. The molecule has 270 valence electrons. The van der Waals surface area contributed by atoms with Gasteiger partial charge in [0.15, 0.2) is 17.5 Å². The summed E-state index contributed by atoms with van der Waals surface area (Å²) in [7, 11) is 0. The van der Waals surface area contributed by atoms with Crippen molar-refractivity contribution in [1.82, 2.24) is 15.0 Å². The van der Waals surface area contributed by atoms with Gasteiger partial charge in [0.1, 0.15) is 11.2 Å². The molecule has 5 heteroatoms. The molecule has 0 amide bonds. The Morgan fingerprint density at radius 1 is 0.571 bits per heavy atom. The molecule has 4 aliphatic carbocycles. The van der Waals surface area contributed by atoms with Crippen LogP contribution in [0, 0.1) is 5.92 Å². The maximum absolute atomic E-state index is 6.70. The number of hydrogen-bond acceptors (Lipinski definition) is 5. The van der Waals surface area contributed by atoms with Crippen LogP contribution in [-0.2, 0) is 0 Å². The zero-order valence-corrected chi connectivity index (χ0v) is 31.1. The number of allylic oxidation sites excluding steroid dienone is 13. The molecule has 1 aliphatic heterocycles. The second-order valence-electron chi connectivity index (χ2n) is 15.3. The van der Waals surface area contributed by atoms with E-state index in [0.29, 0.717) is 23.4 Å². The average Bonchev–Trinajstić information content (AvgIpc) is 3.81. The third-order valence-electron chi connectivity index (χ3n) is 11.8. The quantitative estimate of drug-likeness (QED) is 0.171. The van der Waals surface area contributed by atoms with Gasteiger partial charge in [-0.25, -0.2) is 15.0 Å². The van der Waals surface area contributed by atoms with Crippen LogP contribution >= 0.6 is 0 Å². The fourth-order valence-corrected chi connectivity index (χ4v) is 9.07. The number of hydrogen-bond donors (Lipinski definition) is 0. The lowest BCUT2D eigenvalue weighted by Gasteiger charge is -2.31. The van der Waals surface area contributed by atoms with Crippen molar-refractivity contribution in [2.75, 3.05) is 4.90 Å². The Kier molecular flexibility index (Phi) is 7.97. The molecule has 2 unspecified atom stereocenters. The van der Waals surface area contributed by atoms with E-state index in [0.717, 1.165) is 88.3 Å². The van der Waals surface area contributed by atoms with E-state index in [9.17, 15) is 0 Å². The summed E-state index contributed by atoms with van der Waals surface area (Å²) in [6, 6.07) is 32.2. The topological polar surface area (TPSA) is 55.1 Å². The van der Waals surface area contributed by atoms with Gasteiger partial charge in [0.05, 0.1) is 6.04 Å². The maximum Gasteiger partial charge on any atom is 0.164 e. The lowest BCUT2D eigenvalue weighted by Crippen LogP contribution is -2.32. The highest BCUT2D eigenvalue weighted by Crippen LogP contribution is 2.48. The monoisotopic (exact) mass is 724 g/mol. The lowest BCUT2D eigenvalue weighted by molar-refractivity contribution is 0.665. The lowest BCUT2D eigenvalue weighted by atomic mass is 9.84. The van der Waals surface area contributed by atoms with Crippen LogP contribution in [0.25, 0.3) is 61.4 Å². The minimum atomic E-state index is 0.261. The third-order valence-corrected chi connectivity index (χ3v) is 11.8. The summed E-state index contributed by atoms with van der Waals surface area (Å²) in [4.78, 5) is 17.5. The molecule has 0 fully saturated rings.